The van der Waals surface area contributed by atoms with Gasteiger partial charge in [0.2, 0.25) is 5.88 Å². The highest BCUT2D eigenvalue weighted by atomic mass is 19.4. The number of halogens is 3. The van der Waals surface area contributed by atoms with E-state index in [1.807, 2.05) is 25.1 Å². The fourth-order valence-electron chi connectivity index (χ4n) is 5.34. The van der Waals surface area contributed by atoms with Crippen LogP contribution in [0.1, 0.15) is 41.4 Å². The van der Waals surface area contributed by atoms with Crippen molar-refractivity contribution in [3.8, 4) is 22.9 Å². The molecule has 10 heteroatoms. The minimum Gasteiger partial charge on any atom is -0.496 e. The first kappa shape index (κ1) is 24.9. The molecule has 2 aliphatic rings. The Balaban J connectivity index is 1.46. The van der Waals surface area contributed by atoms with Gasteiger partial charge >= 0.3 is 6.18 Å². The molecule has 37 heavy (non-hydrogen) atoms. The Kier molecular flexibility index (Phi) is 6.43. The highest BCUT2D eigenvalue weighted by Gasteiger charge is 2.45. The van der Waals surface area contributed by atoms with E-state index in [1.165, 1.54) is 19.2 Å². The summed E-state index contributed by atoms with van der Waals surface area (Å²) in [7, 11) is 1.24. The number of carbonyl (C=O) groups is 1. The van der Waals surface area contributed by atoms with Crippen LogP contribution in [-0.2, 0) is 11.6 Å². The largest absolute Gasteiger partial charge is 0.496 e. The van der Waals surface area contributed by atoms with E-state index in [0.717, 1.165) is 5.56 Å². The van der Waals surface area contributed by atoms with Crippen molar-refractivity contribution in [3.63, 3.8) is 0 Å². The number of hydrogen-bond acceptors (Lipinski definition) is 6. The lowest BCUT2D eigenvalue weighted by Crippen LogP contribution is -2.53. The van der Waals surface area contributed by atoms with E-state index in [4.69, 9.17) is 14.5 Å². The number of alkyl halides is 3. The van der Waals surface area contributed by atoms with E-state index >= 15 is 0 Å². The summed E-state index contributed by atoms with van der Waals surface area (Å²) in [6, 6.07) is 11.8. The molecular formula is C27H27F3N4O3. The maximum Gasteiger partial charge on any atom is 0.421 e. The Hall–Kier alpha value is -3.82. The van der Waals surface area contributed by atoms with Gasteiger partial charge in [-0.2, -0.15) is 13.2 Å². The Bertz CT molecular complexity index is 1320. The van der Waals surface area contributed by atoms with E-state index in [1.54, 1.807) is 23.2 Å². The Morgan fingerprint density at radius 1 is 1.11 bits per heavy atom. The molecular weight excluding hydrogens is 485 g/mol. The van der Waals surface area contributed by atoms with Gasteiger partial charge in [-0.05, 0) is 55.7 Å². The zero-order valence-corrected chi connectivity index (χ0v) is 20.6. The molecule has 2 aromatic heterocycles. The zero-order valence-electron chi connectivity index (χ0n) is 20.6. The second kappa shape index (κ2) is 9.57. The summed E-state index contributed by atoms with van der Waals surface area (Å²) in [5.74, 6) is -0.0199. The van der Waals surface area contributed by atoms with Crippen LogP contribution in [0.25, 0.3) is 11.3 Å². The molecule has 1 aromatic carbocycles. The molecule has 0 unspecified atom stereocenters. The number of fused-ring (bicyclic) bond motifs is 2. The van der Waals surface area contributed by atoms with Crippen LogP contribution >= 0.6 is 0 Å². The maximum atomic E-state index is 13.9. The summed E-state index contributed by atoms with van der Waals surface area (Å²) in [4.78, 5) is 23.6. The minimum absolute atomic E-state index is 0.107. The number of amides is 1. The smallest absolute Gasteiger partial charge is 0.421 e. The molecule has 0 saturated carbocycles. The van der Waals surface area contributed by atoms with Crippen LogP contribution in [-0.4, -0.2) is 49.2 Å². The number of pyridine rings is 2. The quantitative estimate of drug-likeness (QED) is 0.527. The molecule has 4 heterocycles. The van der Waals surface area contributed by atoms with Gasteiger partial charge in [-0.25, -0.2) is 9.97 Å². The van der Waals surface area contributed by atoms with Crippen LogP contribution in [0.15, 0.2) is 48.7 Å². The molecule has 1 amide bonds. The Morgan fingerprint density at radius 3 is 2.59 bits per heavy atom. The molecule has 0 aliphatic carbocycles. The lowest BCUT2D eigenvalue weighted by atomic mass is 9.70. The second-order valence-corrected chi connectivity index (χ2v) is 9.18. The molecule has 7 nitrogen and oxygen atoms in total. The summed E-state index contributed by atoms with van der Waals surface area (Å²) in [6.07, 6.45) is -1.79. The number of methoxy groups -OCH3 is 1. The van der Waals surface area contributed by atoms with Crippen LogP contribution in [0.4, 0.5) is 18.9 Å². The normalized spacial score (nSPS) is 16.8. The third-order valence-corrected chi connectivity index (χ3v) is 7.17. The van der Waals surface area contributed by atoms with Gasteiger partial charge in [0.05, 0.1) is 30.7 Å². The van der Waals surface area contributed by atoms with Crippen molar-refractivity contribution < 1.29 is 27.4 Å². The Morgan fingerprint density at radius 2 is 1.89 bits per heavy atom. The lowest BCUT2D eigenvalue weighted by Gasteiger charge is -2.45. The monoisotopic (exact) mass is 512 g/mol. The highest BCUT2D eigenvalue weighted by molar-refractivity contribution is 5.96. The number of benzene rings is 1. The van der Waals surface area contributed by atoms with E-state index in [2.05, 4.69) is 10.3 Å². The molecule has 0 radical (unpaired) electrons. The van der Waals surface area contributed by atoms with Gasteiger partial charge in [-0.1, -0.05) is 12.1 Å². The molecule has 0 atom stereocenters. The van der Waals surface area contributed by atoms with Gasteiger partial charge in [-0.15, -0.1) is 0 Å². The van der Waals surface area contributed by atoms with Gasteiger partial charge in [0.15, 0.2) is 0 Å². The molecule has 1 spiro atoms. The van der Waals surface area contributed by atoms with Crippen molar-refractivity contribution in [1.82, 2.24) is 15.3 Å². The molecule has 5 rings (SSSR count). The van der Waals surface area contributed by atoms with Gasteiger partial charge in [0, 0.05) is 31.2 Å². The standard InChI is InChI=1S/C27H27F3N4O3/c1-3-37-25-17(6-5-13-31-25)19-10-9-18-23(33-19)24(35)32-16-26(18)11-14-34(15-12-26)20-7-4-8-21(36-2)22(20)27(28,29)30/h4-10,13H,3,11-12,14-16H2,1-2H3,(H,32,35). The number of nitrogens with zero attached hydrogens (tertiary/aromatic N) is 3. The second-order valence-electron chi connectivity index (χ2n) is 9.18. The van der Waals surface area contributed by atoms with Crippen LogP contribution in [0.5, 0.6) is 11.6 Å². The van der Waals surface area contributed by atoms with Crippen molar-refractivity contribution in [3.05, 3.63) is 65.5 Å². The fourth-order valence-corrected chi connectivity index (χ4v) is 5.34. The van der Waals surface area contributed by atoms with Gasteiger partial charge in [-0.3, -0.25) is 4.79 Å². The number of aromatic nitrogens is 2. The van der Waals surface area contributed by atoms with Crippen LogP contribution in [0, 0.1) is 0 Å². The van der Waals surface area contributed by atoms with E-state index in [9.17, 15) is 18.0 Å². The average molecular weight is 513 g/mol. The van der Waals surface area contributed by atoms with E-state index < -0.39 is 17.2 Å². The zero-order chi connectivity index (χ0) is 26.2. The molecule has 0 bridgehead atoms. The third kappa shape index (κ3) is 4.45. The Labute approximate surface area is 212 Å². The van der Waals surface area contributed by atoms with Crippen molar-refractivity contribution >= 4 is 11.6 Å². The van der Waals surface area contributed by atoms with Crippen molar-refractivity contribution in [1.29, 1.82) is 0 Å². The topological polar surface area (TPSA) is 76.6 Å². The maximum absolute atomic E-state index is 13.9. The van der Waals surface area contributed by atoms with Crippen molar-refractivity contribution in [2.75, 3.05) is 38.3 Å². The number of hydrogen-bond donors (Lipinski definition) is 1. The predicted molar refractivity (Wildman–Crippen MR) is 132 cm³/mol. The number of anilines is 1. The number of carbonyl (C=O) groups excluding carboxylic acids is 1. The van der Waals surface area contributed by atoms with Gasteiger partial charge in [0.1, 0.15) is 17.0 Å². The predicted octanol–water partition coefficient (Wildman–Crippen LogP) is 4.85. The first-order chi connectivity index (χ1) is 17.8. The summed E-state index contributed by atoms with van der Waals surface area (Å²) in [5.41, 5.74) is 1.34. The fraction of sp³-hybridized carbons (Fsp3) is 0.370. The lowest BCUT2D eigenvalue weighted by molar-refractivity contribution is -0.138. The number of ether oxygens (including phenoxy) is 2. The van der Waals surface area contributed by atoms with Crippen molar-refractivity contribution in [2.24, 2.45) is 0 Å². The first-order valence-electron chi connectivity index (χ1n) is 12.1. The van der Waals surface area contributed by atoms with E-state index in [-0.39, 0.29) is 17.3 Å². The number of rotatable bonds is 5. The highest BCUT2D eigenvalue weighted by Crippen LogP contribution is 2.46. The molecule has 1 N–H and O–H groups in total. The summed E-state index contributed by atoms with van der Waals surface area (Å²) >= 11 is 0. The molecule has 2 aliphatic heterocycles. The number of piperidine rings is 1. The molecule has 3 aromatic rings. The van der Waals surface area contributed by atoms with Gasteiger partial charge in [0.25, 0.3) is 5.91 Å². The summed E-state index contributed by atoms with van der Waals surface area (Å²) < 4.78 is 52.4. The van der Waals surface area contributed by atoms with Crippen LogP contribution < -0.4 is 19.7 Å². The first-order valence-corrected chi connectivity index (χ1v) is 12.1. The summed E-state index contributed by atoms with van der Waals surface area (Å²) in [6.45, 7) is 3.51. The third-order valence-electron chi connectivity index (χ3n) is 7.17. The van der Waals surface area contributed by atoms with Crippen LogP contribution in [0.2, 0.25) is 0 Å². The van der Waals surface area contributed by atoms with E-state index in [0.29, 0.717) is 61.9 Å². The molecule has 1 saturated heterocycles. The average Bonchev–Trinajstić information content (AvgIpc) is 2.91. The van der Waals surface area contributed by atoms with Crippen molar-refractivity contribution in [2.45, 2.75) is 31.4 Å². The number of nitrogens with one attached hydrogen (secondary N) is 1. The minimum atomic E-state index is -4.55. The van der Waals surface area contributed by atoms with Crippen LogP contribution in [0.3, 0.4) is 0 Å². The summed E-state index contributed by atoms with van der Waals surface area (Å²) in [5, 5.41) is 2.96. The van der Waals surface area contributed by atoms with Gasteiger partial charge < -0.3 is 19.7 Å². The molecule has 1 fully saturated rings. The SMILES string of the molecule is CCOc1ncccc1-c1ccc2c(n1)C(=O)NCC21CCN(c2cccc(OC)c2C(F)(F)F)CC1. The molecule has 194 valence electrons.